The molecule has 23 heteroatoms. The smallest absolute Gasteiger partial charge is 0.270 e. The van der Waals surface area contributed by atoms with Crippen LogP contribution in [0.4, 0.5) is 11.4 Å². The number of carbonyl (C=O) groups is 1. The molecule has 434 valence electrons. The van der Waals surface area contributed by atoms with Crippen molar-refractivity contribution >= 4 is 98.1 Å². The Morgan fingerprint density at radius 2 is 0.886 bits per heavy atom. The van der Waals surface area contributed by atoms with Gasteiger partial charge in [-0.3, -0.25) is 48.6 Å². The van der Waals surface area contributed by atoms with Crippen molar-refractivity contribution in [3.8, 4) is 17.1 Å². The van der Waals surface area contributed by atoms with Gasteiger partial charge < -0.3 is 5.32 Å². The highest BCUT2D eigenvalue weighted by molar-refractivity contribution is 6.37. The number of nitro benzene ring substituents is 1. The summed E-state index contributed by atoms with van der Waals surface area (Å²) in [5, 5.41) is 41.8. The van der Waals surface area contributed by atoms with Crippen LogP contribution in [0.5, 0.6) is 0 Å². The van der Waals surface area contributed by atoms with Gasteiger partial charge >= 0.3 is 0 Å². The number of non-ortho nitro benzene ring substituents is 1. The van der Waals surface area contributed by atoms with Gasteiger partial charge in [-0.05, 0) is 86.6 Å². The van der Waals surface area contributed by atoms with Crippen molar-refractivity contribution in [2.24, 2.45) is 20.0 Å². The van der Waals surface area contributed by atoms with Crippen LogP contribution in [0.1, 0.15) is 73.6 Å². The monoisotopic (exact) mass is 1260 g/mol. The van der Waals surface area contributed by atoms with Crippen LogP contribution < -0.4 is 5.32 Å². The maximum absolute atomic E-state index is 11.7. The SMILES string of the molecule is Cc1nnc2n1-c1ccc(Cl)cc1C(c1ccccc1)=NC2.Cc1nnc2n1-c1ccc(Cl)cc1C(c1ccccc1Cl)=NC2.Clc1ccc2c(c1)C(c1ccccc1)=NCc1nncn1-2.O=C1CN=C(c2ccccc2Cl)c2cc([N+](=O)[O-])ccc2N1. The molecule has 0 unspecified atom stereocenters. The van der Waals surface area contributed by atoms with E-state index in [0.717, 1.165) is 96.7 Å². The number of benzodiazepines with no additional fused rings is 1. The van der Waals surface area contributed by atoms with Crippen LogP contribution >= 0.6 is 58.0 Å². The number of carbonyl (C=O) groups excluding carboxylic acids is 1. The second-order valence-corrected chi connectivity index (χ2v) is 22.1. The Morgan fingerprint density at radius 3 is 1.41 bits per heavy atom. The van der Waals surface area contributed by atoms with E-state index in [1.807, 2.05) is 143 Å². The summed E-state index contributed by atoms with van der Waals surface area (Å²) in [4.78, 5) is 40.8. The molecule has 8 aromatic carbocycles. The molecule has 7 heterocycles. The number of fused-ring (bicyclic) bond motifs is 10. The van der Waals surface area contributed by atoms with Crippen molar-refractivity contribution < 1.29 is 9.72 Å². The first-order chi connectivity index (χ1) is 42.8. The van der Waals surface area contributed by atoms with E-state index in [9.17, 15) is 14.9 Å². The van der Waals surface area contributed by atoms with E-state index in [2.05, 4.69) is 65.2 Å². The molecule has 1 amide bonds. The lowest BCUT2D eigenvalue weighted by atomic mass is 10.00. The van der Waals surface area contributed by atoms with E-state index < -0.39 is 4.92 Å². The molecular weight excluding hydrogens is 1220 g/mol. The summed E-state index contributed by atoms with van der Waals surface area (Å²) in [6.45, 7) is 5.24. The molecule has 3 aromatic heterocycles. The minimum absolute atomic E-state index is 0.0664. The molecule has 15 rings (SSSR count). The predicted molar refractivity (Wildman–Crippen MR) is 345 cm³/mol. The number of benzene rings is 8. The number of anilines is 1. The van der Waals surface area contributed by atoms with Gasteiger partial charge in [-0.2, -0.15) is 0 Å². The number of aliphatic imine (C=N–C) groups is 4. The molecule has 0 saturated carbocycles. The molecular formula is C65H46Cl5N15O3. The van der Waals surface area contributed by atoms with E-state index in [1.54, 1.807) is 30.6 Å². The Labute approximate surface area is 528 Å². The normalized spacial score (nSPS) is 13.2. The van der Waals surface area contributed by atoms with Crippen LogP contribution in [0.15, 0.2) is 208 Å². The third-order valence-corrected chi connectivity index (χ3v) is 15.8. The third-order valence-electron chi connectivity index (χ3n) is 14.4. The maximum atomic E-state index is 11.7. The maximum Gasteiger partial charge on any atom is 0.270 e. The van der Waals surface area contributed by atoms with Gasteiger partial charge in [0.2, 0.25) is 5.91 Å². The number of aromatic nitrogens is 9. The number of aryl methyl sites for hydroxylation is 2. The van der Waals surface area contributed by atoms with Gasteiger partial charge in [0, 0.05) is 81.8 Å². The molecule has 18 nitrogen and oxygen atoms in total. The lowest BCUT2D eigenvalue weighted by molar-refractivity contribution is -0.384. The van der Waals surface area contributed by atoms with Gasteiger partial charge in [0.1, 0.15) is 44.2 Å². The minimum Gasteiger partial charge on any atom is -0.324 e. The summed E-state index contributed by atoms with van der Waals surface area (Å²) in [6, 6.07) is 56.6. The zero-order valence-corrected chi connectivity index (χ0v) is 50.4. The Morgan fingerprint density at radius 1 is 0.443 bits per heavy atom. The van der Waals surface area contributed by atoms with Gasteiger partial charge in [-0.25, -0.2) is 0 Å². The molecule has 4 aliphatic rings. The van der Waals surface area contributed by atoms with Crippen molar-refractivity contribution in [2.75, 3.05) is 11.9 Å². The number of hydrogen-bond acceptors (Lipinski definition) is 13. The van der Waals surface area contributed by atoms with Gasteiger partial charge in [-0.15, -0.1) is 30.6 Å². The van der Waals surface area contributed by atoms with Crippen molar-refractivity contribution in [2.45, 2.75) is 33.5 Å². The van der Waals surface area contributed by atoms with Crippen LogP contribution in [0.3, 0.4) is 0 Å². The largest absolute Gasteiger partial charge is 0.324 e. The predicted octanol–water partition coefficient (Wildman–Crippen LogP) is 14.1. The second-order valence-electron chi connectivity index (χ2n) is 20.0. The van der Waals surface area contributed by atoms with E-state index in [4.69, 9.17) is 73.0 Å². The first-order valence-electron chi connectivity index (χ1n) is 27.3. The van der Waals surface area contributed by atoms with Gasteiger partial charge in [-0.1, -0.05) is 155 Å². The molecule has 0 radical (unpaired) electrons. The zero-order valence-electron chi connectivity index (χ0n) is 46.6. The van der Waals surface area contributed by atoms with E-state index in [-0.39, 0.29) is 18.1 Å². The second kappa shape index (κ2) is 25.6. The van der Waals surface area contributed by atoms with E-state index >= 15 is 0 Å². The topological polar surface area (TPSA) is 214 Å². The molecule has 0 atom stereocenters. The molecule has 4 aliphatic heterocycles. The van der Waals surface area contributed by atoms with Gasteiger partial charge in [0.05, 0.1) is 50.5 Å². The minimum atomic E-state index is -0.489. The Hall–Kier alpha value is -9.82. The zero-order chi connectivity index (χ0) is 61.0. The molecule has 0 saturated heterocycles. The molecule has 0 aliphatic carbocycles. The number of nitrogens with one attached hydrogen (secondary N) is 1. The molecule has 88 heavy (non-hydrogen) atoms. The van der Waals surface area contributed by atoms with Crippen LogP contribution in [0.25, 0.3) is 17.1 Å². The molecule has 11 aromatic rings. The first-order valence-corrected chi connectivity index (χ1v) is 29.2. The Kier molecular flexibility index (Phi) is 17.1. The van der Waals surface area contributed by atoms with E-state index in [0.29, 0.717) is 67.3 Å². The number of hydrogen-bond donors (Lipinski definition) is 1. The summed E-state index contributed by atoms with van der Waals surface area (Å²) < 4.78 is 6.02. The van der Waals surface area contributed by atoms with Gasteiger partial charge in [0.15, 0.2) is 17.5 Å². The standard InChI is InChI=1S/C17H12Cl2N4.C17H13ClN4.C16H11ClN4.C15H10ClN3O3/c1-10-21-22-16-9-20-17(12-4-2-3-5-14(12)19)13-8-11(18)6-7-15(13)23(10)16;1-11-20-21-16-10-19-17(12-5-3-2-4-6-12)14-9-13(18)7-8-15(14)22(11)16;17-12-6-7-14-13(8-12)16(11-4-2-1-3-5-11)18-9-15-20-19-10-21(14)15;16-12-4-2-1-3-10(12)15-11-7-9(19(21)22)5-6-13(11)18-14(20)8-17-15/h2-8H,9H2,1H3;2-9H,10H2,1H3;1-8,10H,9H2;1-7H,8H2,(H,18,20). The summed E-state index contributed by atoms with van der Waals surface area (Å²) in [5.74, 6) is 3.85. The van der Waals surface area contributed by atoms with Crippen LogP contribution in [0, 0.1) is 24.0 Å². The number of nitrogens with zero attached hydrogens (tertiary/aromatic N) is 14. The van der Waals surface area contributed by atoms with Crippen molar-refractivity contribution in [3.63, 3.8) is 0 Å². The average molecular weight is 1260 g/mol. The molecule has 0 spiro atoms. The summed E-state index contributed by atoms with van der Waals surface area (Å²) >= 11 is 31.2. The summed E-state index contributed by atoms with van der Waals surface area (Å²) in [6.07, 6.45) is 1.71. The lowest BCUT2D eigenvalue weighted by Gasteiger charge is -2.13. The highest BCUT2D eigenvalue weighted by Crippen LogP contribution is 2.34. The fraction of sp³-hybridized carbons (Fsp3) is 0.0923. The third kappa shape index (κ3) is 12.2. The Balaban J connectivity index is 0.000000114. The van der Waals surface area contributed by atoms with Crippen molar-refractivity contribution in [3.05, 3.63) is 297 Å². The van der Waals surface area contributed by atoms with Gasteiger partial charge in [0.25, 0.3) is 5.69 Å². The highest BCUT2D eigenvalue weighted by Gasteiger charge is 2.26. The number of rotatable bonds is 5. The highest BCUT2D eigenvalue weighted by atomic mass is 35.5. The number of amides is 1. The molecule has 0 bridgehead atoms. The lowest BCUT2D eigenvalue weighted by Crippen LogP contribution is -2.13. The van der Waals surface area contributed by atoms with Crippen molar-refractivity contribution in [1.82, 2.24) is 44.3 Å². The number of nitro groups is 1. The number of halogens is 5. The van der Waals surface area contributed by atoms with Crippen LogP contribution in [0.2, 0.25) is 25.1 Å². The van der Waals surface area contributed by atoms with Crippen molar-refractivity contribution in [1.29, 1.82) is 0 Å². The summed E-state index contributed by atoms with van der Waals surface area (Å²) in [5.41, 5.74) is 13.6. The average Bonchev–Trinajstić information content (AvgIpc) is 1.95. The molecule has 0 fully saturated rings. The van der Waals surface area contributed by atoms with Crippen LogP contribution in [-0.2, 0) is 24.4 Å². The molecule has 1 N–H and O–H groups in total. The van der Waals surface area contributed by atoms with E-state index in [1.165, 1.54) is 18.2 Å². The first kappa shape index (κ1) is 58.6. The van der Waals surface area contributed by atoms with Crippen LogP contribution in [-0.4, -0.2) is 84.5 Å². The quantitative estimate of drug-likeness (QED) is 0.128. The fourth-order valence-corrected chi connectivity index (χ4v) is 11.4. The summed E-state index contributed by atoms with van der Waals surface area (Å²) in [7, 11) is 0. The fourth-order valence-electron chi connectivity index (χ4n) is 10.4. The Bertz CT molecular complexity index is 4650.